The summed E-state index contributed by atoms with van der Waals surface area (Å²) in [6.45, 7) is 7.83. The monoisotopic (exact) mass is 523 g/mol. The van der Waals surface area contributed by atoms with Gasteiger partial charge in [-0.1, -0.05) is 24.6 Å². The molecule has 3 aromatic rings. The molecule has 1 saturated carbocycles. The van der Waals surface area contributed by atoms with Gasteiger partial charge in [-0.2, -0.15) is 0 Å². The van der Waals surface area contributed by atoms with Crippen LogP contribution in [-0.4, -0.2) is 40.0 Å². The van der Waals surface area contributed by atoms with E-state index >= 15 is 0 Å². The molecule has 188 valence electrons. The van der Waals surface area contributed by atoms with Crippen LogP contribution in [-0.2, 0) is 22.3 Å². The van der Waals surface area contributed by atoms with E-state index in [1.807, 2.05) is 55.8 Å². The van der Waals surface area contributed by atoms with E-state index in [4.69, 9.17) is 4.74 Å². The van der Waals surface area contributed by atoms with Crippen LogP contribution in [0.25, 0.3) is 10.9 Å². The van der Waals surface area contributed by atoms with Gasteiger partial charge >= 0.3 is 0 Å². The first-order valence-corrected chi connectivity index (χ1v) is 13.9. The van der Waals surface area contributed by atoms with E-state index in [1.54, 1.807) is 16.1 Å². The molecule has 0 saturated heterocycles. The molecule has 0 aliphatic heterocycles. The fraction of sp³-hybridized carbons (Fsp3) is 0.296. The van der Waals surface area contributed by atoms with Gasteiger partial charge in [-0.25, -0.2) is 4.21 Å². The van der Waals surface area contributed by atoms with E-state index in [0.717, 1.165) is 30.1 Å². The number of amides is 1. The van der Waals surface area contributed by atoms with Gasteiger partial charge in [-0.05, 0) is 62.4 Å². The van der Waals surface area contributed by atoms with E-state index in [1.165, 1.54) is 11.8 Å². The summed E-state index contributed by atoms with van der Waals surface area (Å²) >= 11 is 1.48. The highest BCUT2D eigenvalue weighted by molar-refractivity contribution is 8.01. The zero-order chi connectivity index (χ0) is 25.9. The predicted molar refractivity (Wildman–Crippen MR) is 146 cm³/mol. The van der Waals surface area contributed by atoms with Crippen molar-refractivity contribution in [3.05, 3.63) is 70.4 Å². The Kier molecular flexibility index (Phi) is 7.80. The van der Waals surface area contributed by atoms with Gasteiger partial charge in [0.15, 0.2) is 17.3 Å². The van der Waals surface area contributed by atoms with Crippen LogP contribution in [0.15, 0.2) is 63.5 Å². The van der Waals surface area contributed by atoms with Crippen LogP contribution in [0.1, 0.15) is 41.4 Å². The maximum absolute atomic E-state index is 13.8. The topological polar surface area (TPSA) is 89.8 Å². The summed E-state index contributed by atoms with van der Waals surface area (Å²) in [5.74, 6) is 0.345. The quantitative estimate of drug-likeness (QED) is 0.281. The molecular weight excluding hydrogens is 494 g/mol. The summed E-state index contributed by atoms with van der Waals surface area (Å²) < 4.78 is 21.4. The van der Waals surface area contributed by atoms with Crippen LogP contribution in [0.2, 0.25) is 0 Å². The summed E-state index contributed by atoms with van der Waals surface area (Å²) in [7, 11) is -1.59. The summed E-state index contributed by atoms with van der Waals surface area (Å²) in [5.41, 5.74) is 3.06. The zero-order valence-corrected chi connectivity index (χ0v) is 22.2. The molecule has 1 unspecified atom stereocenters. The van der Waals surface area contributed by atoms with Crippen LogP contribution >= 0.6 is 11.8 Å². The third-order valence-electron chi connectivity index (χ3n) is 6.29. The summed E-state index contributed by atoms with van der Waals surface area (Å²) in [6.07, 6.45) is 4.38. The van der Waals surface area contributed by atoms with Crippen molar-refractivity contribution in [1.29, 1.82) is 0 Å². The van der Waals surface area contributed by atoms with Crippen molar-refractivity contribution in [3.8, 4) is 5.75 Å². The standard InChI is InChI=1S/C27H29N3O4S2/c1-18-5-7-23(8-6-18)36(33)30-22(14-29-26(32)27(2)9-10-27)12-19-11-20(15-31)25(13-24(19)30)34-16-21(28-3)17-35-4/h5-8,11-13,15,17H,3,9-10,14,16H2,1-2,4H3,(H,29,32)/b21-17-. The number of hydrogen-bond acceptors (Lipinski definition) is 6. The number of ether oxygens (including phenoxy) is 1. The number of nitrogens with zero attached hydrogens (tertiary/aromatic N) is 2. The molecule has 1 fully saturated rings. The lowest BCUT2D eigenvalue weighted by Gasteiger charge is -2.14. The maximum Gasteiger partial charge on any atom is 0.226 e. The van der Waals surface area contributed by atoms with E-state index in [-0.39, 0.29) is 24.5 Å². The molecule has 0 bridgehead atoms. The lowest BCUT2D eigenvalue weighted by Crippen LogP contribution is -2.30. The number of thioether (sulfide) groups is 1. The van der Waals surface area contributed by atoms with Crippen molar-refractivity contribution in [3.63, 3.8) is 0 Å². The van der Waals surface area contributed by atoms with Gasteiger partial charge in [0.05, 0.1) is 33.9 Å². The summed E-state index contributed by atoms with van der Waals surface area (Å²) in [4.78, 5) is 29.1. The van der Waals surface area contributed by atoms with Gasteiger partial charge in [-0.15, -0.1) is 11.8 Å². The second kappa shape index (κ2) is 10.8. The molecule has 1 amide bonds. The molecule has 1 aliphatic carbocycles. The average molecular weight is 524 g/mol. The fourth-order valence-corrected chi connectivity index (χ4v) is 5.45. The molecule has 1 heterocycles. The normalized spacial score (nSPS) is 15.4. The molecule has 1 atom stereocenters. The van der Waals surface area contributed by atoms with Crippen LogP contribution in [0, 0.1) is 12.3 Å². The Balaban J connectivity index is 1.77. The van der Waals surface area contributed by atoms with Crippen LogP contribution in [0.3, 0.4) is 0 Å². The largest absolute Gasteiger partial charge is 0.486 e. The van der Waals surface area contributed by atoms with Gasteiger partial charge in [0.2, 0.25) is 5.91 Å². The predicted octanol–water partition coefficient (Wildman–Crippen LogP) is 5.03. The van der Waals surface area contributed by atoms with Gasteiger partial charge in [0.25, 0.3) is 0 Å². The third kappa shape index (κ3) is 5.47. The van der Waals surface area contributed by atoms with Gasteiger partial charge in [0, 0.05) is 16.9 Å². The smallest absolute Gasteiger partial charge is 0.226 e. The average Bonchev–Trinajstić information content (AvgIpc) is 3.54. The Morgan fingerprint density at radius 1 is 1.28 bits per heavy atom. The minimum atomic E-state index is -1.59. The van der Waals surface area contributed by atoms with Gasteiger partial charge < -0.3 is 10.1 Å². The number of aldehydes is 1. The zero-order valence-electron chi connectivity index (χ0n) is 20.6. The molecular formula is C27H29N3O4S2. The van der Waals surface area contributed by atoms with Gasteiger partial charge in [0.1, 0.15) is 12.4 Å². The van der Waals surface area contributed by atoms with E-state index in [9.17, 15) is 13.8 Å². The highest BCUT2D eigenvalue weighted by Crippen LogP contribution is 2.45. The Hall–Kier alpha value is -3.17. The summed E-state index contributed by atoms with van der Waals surface area (Å²) in [5, 5.41) is 5.55. The number of nitrogens with one attached hydrogen (secondary N) is 1. The number of fused-ring (bicyclic) bond motifs is 1. The van der Waals surface area contributed by atoms with E-state index in [0.29, 0.717) is 33.1 Å². The number of hydrogen-bond donors (Lipinski definition) is 1. The molecule has 2 aromatic carbocycles. The van der Waals surface area contributed by atoms with Gasteiger partial charge in [-0.3, -0.25) is 18.6 Å². The van der Waals surface area contributed by atoms with Crippen molar-refractivity contribution < 1.29 is 18.5 Å². The Bertz CT molecular complexity index is 1370. The van der Waals surface area contributed by atoms with Crippen molar-refractivity contribution in [2.75, 3.05) is 12.9 Å². The maximum atomic E-state index is 13.8. The molecule has 1 aromatic heterocycles. The van der Waals surface area contributed by atoms with Crippen molar-refractivity contribution in [2.45, 2.75) is 38.1 Å². The number of aromatic nitrogens is 1. The number of carbonyl (C=O) groups is 2. The first-order chi connectivity index (χ1) is 17.3. The Labute approximate surface area is 217 Å². The van der Waals surface area contributed by atoms with Crippen molar-refractivity contribution in [1.82, 2.24) is 9.29 Å². The lowest BCUT2D eigenvalue weighted by atomic mass is 10.1. The number of benzene rings is 2. The first kappa shape index (κ1) is 25.9. The van der Waals surface area contributed by atoms with Crippen LogP contribution in [0.4, 0.5) is 0 Å². The number of carbonyl (C=O) groups excluding carboxylic acids is 2. The number of aliphatic imine (C=N–C) groups is 1. The summed E-state index contributed by atoms with van der Waals surface area (Å²) in [6, 6.07) is 12.8. The fourth-order valence-electron chi connectivity index (χ4n) is 3.79. The van der Waals surface area contributed by atoms with Crippen molar-refractivity contribution in [2.24, 2.45) is 10.4 Å². The number of rotatable bonds is 11. The first-order valence-electron chi connectivity index (χ1n) is 11.5. The van der Waals surface area contributed by atoms with Crippen LogP contribution < -0.4 is 10.1 Å². The molecule has 1 aliphatic rings. The molecule has 0 spiro atoms. The molecule has 9 heteroatoms. The van der Waals surface area contributed by atoms with E-state index < -0.39 is 11.0 Å². The molecule has 36 heavy (non-hydrogen) atoms. The highest BCUT2D eigenvalue weighted by Gasteiger charge is 2.44. The van der Waals surface area contributed by atoms with E-state index in [2.05, 4.69) is 17.0 Å². The van der Waals surface area contributed by atoms with Crippen molar-refractivity contribution >= 4 is 52.6 Å². The molecule has 1 N–H and O–H groups in total. The minimum absolute atomic E-state index is 0.0111. The Morgan fingerprint density at radius 2 is 2.00 bits per heavy atom. The lowest BCUT2D eigenvalue weighted by molar-refractivity contribution is -0.125. The molecule has 7 nitrogen and oxygen atoms in total. The third-order valence-corrected chi connectivity index (χ3v) is 8.23. The molecule has 4 rings (SSSR count). The minimum Gasteiger partial charge on any atom is -0.486 e. The number of aryl methyl sites for hydroxylation is 1. The second-order valence-electron chi connectivity index (χ2n) is 9.09. The Morgan fingerprint density at radius 3 is 2.61 bits per heavy atom. The highest BCUT2D eigenvalue weighted by atomic mass is 32.2. The SMILES string of the molecule is C=N/C(=C\SC)COc1cc2c(cc1C=O)cc(CNC(=O)C1(C)CC1)n2S(=O)c1ccc(C)cc1. The second-order valence-corrected chi connectivity index (χ2v) is 11.1. The van der Waals surface area contributed by atoms with Crippen LogP contribution in [0.5, 0.6) is 5.75 Å². The molecule has 0 radical (unpaired) electrons.